The van der Waals surface area contributed by atoms with E-state index in [2.05, 4.69) is 31.3 Å². The second-order valence-electron chi connectivity index (χ2n) is 6.52. The third kappa shape index (κ3) is 4.32. The molecule has 1 aliphatic rings. The van der Waals surface area contributed by atoms with Crippen LogP contribution in [0.15, 0.2) is 30.3 Å². The second kappa shape index (κ2) is 7.80. The summed E-state index contributed by atoms with van der Waals surface area (Å²) in [7, 11) is 0. The number of nitrogens with one attached hydrogen (secondary N) is 1. The van der Waals surface area contributed by atoms with E-state index in [9.17, 15) is 5.11 Å². The number of hydrogen-bond donors (Lipinski definition) is 2. The highest BCUT2D eigenvalue weighted by molar-refractivity contribution is 5.19. The van der Waals surface area contributed by atoms with E-state index in [0.29, 0.717) is 6.04 Å². The summed E-state index contributed by atoms with van der Waals surface area (Å²) in [6, 6.07) is 10.9. The van der Waals surface area contributed by atoms with Crippen LogP contribution in [0.4, 0.5) is 0 Å². The molecule has 0 spiro atoms. The van der Waals surface area contributed by atoms with Crippen molar-refractivity contribution in [1.82, 2.24) is 5.32 Å². The van der Waals surface area contributed by atoms with Gasteiger partial charge >= 0.3 is 0 Å². The standard InChI is InChI=1S/C18H29NO/c1-14(2)15-9-6-10-17(12-11-15)19-18(13-20)16-7-4-3-5-8-16/h3-5,7-8,14-15,17-20H,6,9-13H2,1-2H3/t15?,17?,18-/m1/s1. The molecule has 0 bridgehead atoms. The summed E-state index contributed by atoms with van der Waals surface area (Å²) in [4.78, 5) is 0. The molecule has 2 heteroatoms. The van der Waals surface area contributed by atoms with Gasteiger partial charge in [0.2, 0.25) is 0 Å². The van der Waals surface area contributed by atoms with Crippen molar-refractivity contribution in [2.24, 2.45) is 11.8 Å². The quantitative estimate of drug-likeness (QED) is 0.798. The first kappa shape index (κ1) is 15.5. The maximum Gasteiger partial charge on any atom is 0.0626 e. The molecule has 0 amide bonds. The van der Waals surface area contributed by atoms with E-state index in [1.807, 2.05) is 18.2 Å². The highest BCUT2D eigenvalue weighted by Crippen LogP contribution is 2.29. The summed E-state index contributed by atoms with van der Waals surface area (Å²) in [5.41, 5.74) is 1.19. The molecule has 1 aliphatic carbocycles. The van der Waals surface area contributed by atoms with E-state index in [4.69, 9.17) is 0 Å². The molecule has 1 fully saturated rings. The fraction of sp³-hybridized carbons (Fsp3) is 0.667. The van der Waals surface area contributed by atoms with Gasteiger partial charge in [-0.2, -0.15) is 0 Å². The third-order valence-corrected chi connectivity index (χ3v) is 4.78. The van der Waals surface area contributed by atoms with Crippen molar-refractivity contribution in [2.75, 3.05) is 6.61 Å². The normalized spacial score (nSPS) is 25.4. The molecule has 0 aromatic heterocycles. The lowest BCUT2D eigenvalue weighted by atomic mass is 9.89. The Morgan fingerprint density at radius 3 is 2.50 bits per heavy atom. The molecule has 1 aromatic rings. The summed E-state index contributed by atoms with van der Waals surface area (Å²) in [5, 5.41) is 13.3. The van der Waals surface area contributed by atoms with E-state index < -0.39 is 0 Å². The van der Waals surface area contributed by atoms with Gasteiger partial charge in [0.25, 0.3) is 0 Å². The van der Waals surface area contributed by atoms with E-state index in [1.165, 1.54) is 37.7 Å². The predicted octanol–water partition coefficient (Wildman–Crippen LogP) is 3.91. The number of hydrogen-bond acceptors (Lipinski definition) is 2. The molecule has 1 aromatic carbocycles. The molecule has 0 saturated heterocycles. The van der Waals surface area contributed by atoms with Crippen LogP contribution >= 0.6 is 0 Å². The van der Waals surface area contributed by atoms with Crippen LogP contribution in [0.3, 0.4) is 0 Å². The van der Waals surface area contributed by atoms with Crippen molar-refractivity contribution in [3.63, 3.8) is 0 Å². The van der Waals surface area contributed by atoms with Gasteiger partial charge in [-0.3, -0.25) is 0 Å². The average molecular weight is 275 g/mol. The lowest BCUT2D eigenvalue weighted by Gasteiger charge is -2.24. The molecular weight excluding hydrogens is 246 g/mol. The van der Waals surface area contributed by atoms with Crippen LogP contribution < -0.4 is 5.32 Å². The van der Waals surface area contributed by atoms with Gasteiger partial charge in [-0.1, -0.05) is 57.0 Å². The molecule has 2 unspecified atom stereocenters. The van der Waals surface area contributed by atoms with Gasteiger partial charge in [0.15, 0.2) is 0 Å². The van der Waals surface area contributed by atoms with Crippen molar-refractivity contribution < 1.29 is 5.11 Å². The van der Waals surface area contributed by atoms with Crippen LogP contribution in [0.5, 0.6) is 0 Å². The van der Waals surface area contributed by atoms with Gasteiger partial charge < -0.3 is 10.4 Å². The molecule has 2 N–H and O–H groups in total. The second-order valence-corrected chi connectivity index (χ2v) is 6.52. The Morgan fingerprint density at radius 2 is 1.85 bits per heavy atom. The van der Waals surface area contributed by atoms with Crippen LogP contribution in [-0.4, -0.2) is 17.8 Å². The Labute approximate surface area is 123 Å². The minimum absolute atomic E-state index is 0.0804. The lowest BCUT2D eigenvalue weighted by molar-refractivity contribution is 0.227. The predicted molar refractivity (Wildman–Crippen MR) is 84.6 cm³/mol. The molecule has 0 heterocycles. The average Bonchev–Trinajstić information content (AvgIpc) is 2.71. The smallest absolute Gasteiger partial charge is 0.0626 e. The molecule has 0 aliphatic heterocycles. The van der Waals surface area contributed by atoms with Crippen LogP contribution in [0, 0.1) is 11.8 Å². The van der Waals surface area contributed by atoms with Crippen molar-refractivity contribution in [1.29, 1.82) is 0 Å². The summed E-state index contributed by atoms with van der Waals surface area (Å²) >= 11 is 0. The van der Waals surface area contributed by atoms with Gasteiger partial charge in [-0.25, -0.2) is 0 Å². The first-order valence-corrected chi connectivity index (χ1v) is 8.12. The van der Waals surface area contributed by atoms with Crippen molar-refractivity contribution in [3.8, 4) is 0 Å². The van der Waals surface area contributed by atoms with Gasteiger partial charge in [-0.15, -0.1) is 0 Å². The van der Waals surface area contributed by atoms with Gasteiger partial charge in [-0.05, 0) is 36.7 Å². The van der Waals surface area contributed by atoms with E-state index in [0.717, 1.165) is 11.8 Å². The van der Waals surface area contributed by atoms with E-state index in [1.54, 1.807) is 0 Å². The van der Waals surface area contributed by atoms with Gasteiger partial charge in [0, 0.05) is 6.04 Å². The highest BCUT2D eigenvalue weighted by Gasteiger charge is 2.23. The fourth-order valence-corrected chi connectivity index (χ4v) is 3.39. The molecule has 2 nitrogen and oxygen atoms in total. The summed E-state index contributed by atoms with van der Waals surface area (Å²) in [6.45, 7) is 4.87. The number of benzene rings is 1. The largest absolute Gasteiger partial charge is 0.394 e. The van der Waals surface area contributed by atoms with Crippen molar-refractivity contribution in [2.45, 2.75) is 58.0 Å². The van der Waals surface area contributed by atoms with E-state index >= 15 is 0 Å². The molecule has 1 saturated carbocycles. The number of aliphatic hydroxyl groups is 1. The summed E-state index contributed by atoms with van der Waals surface area (Å²) in [6.07, 6.45) is 6.49. The zero-order chi connectivity index (χ0) is 14.4. The lowest BCUT2D eigenvalue weighted by Crippen LogP contribution is -2.34. The zero-order valence-corrected chi connectivity index (χ0v) is 12.9. The Morgan fingerprint density at radius 1 is 1.10 bits per heavy atom. The fourth-order valence-electron chi connectivity index (χ4n) is 3.39. The Balaban J connectivity index is 1.91. The van der Waals surface area contributed by atoms with E-state index in [-0.39, 0.29) is 12.6 Å². The van der Waals surface area contributed by atoms with Crippen LogP contribution in [0.25, 0.3) is 0 Å². The third-order valence-electron chi connectivity index (χ3n) is 4.78. The van der Waals surface area contributed by atoms with Gasteiger partial charge in [0.1, 0.15) is 0 Å². The topological polar surface area (TPSA) is 32.3 Å². The minimum Gasteiger partial charge on any atom is -0.394 e. The number of rotatable bonds is 5. The Kier molecular flexibility index (Phi) is 6.06. The maximum absolute atomic E-state index is 9.66. The molecular formula is C18H29NO. The maximum atomic E-state index is 9.66. The van der Waals surface area contributed by atoms with Crippen molar-refractivity contribution in [3.05, 3.63) is 35.9 Å². The summed E-state index contributed by atoms with van der Waals surface area (Å²) < 4.78 is 0. The Hall–Kier alpha value is -0.860. The van der Waals surface area contributed by atoms with Crippen LogP contribution in [0.2, 0.25) is 0 Å². The molecule has 20 heavy (non-hydrogen) atoms. The first-order valence-electron chi connectivity index (χ1n) is 8.12. The minimum atomic E-state index is 0.0804. The summed E-state index contributed by atoms with van der Waals surface area (Å²) in [5.74, 6) is 1.68. The zero-order valence-electron chi connectivity index (χ0n) is 12.9. The monoisotopic (exact) mass is 275 g/mol. The van der Waals surface area contributed by atoms with Gasteiger partial charge in [0.05, 0.1) is 12.6 Å². The van der Waals surface area contributed by atoms with Crippen molar-refractivity contribution >= 4 is 0 Å². The first-order chi connectivity index (χ1) is 9.70. The number of aliphatic hydroxyl groups excluding tert-OH is 1. The SMILES string of the molecule is CC(C)C1CCCC(N[C@H](CO)c2ccccc2)CC1. The molecule has 112 valence electrons. The molecule has 2 rings (SSSR count). The van der Waals surface area contributed by atoms with Crippen LogP contribution in [0.1, 0.15) is 57.6 Å². The Bertz CT molecular complexity index is 376. The van der Waals surface area contributed by atoms with Crippen LogP contribution in [-0.2, 0) is 0 Å². The highest BCUT2D eigenvalue weighted by atomic mass is 16.3. The molecule has 3 atom stereocenters. The molecule has 0 radical (unpaired) electrons.